The van der Waals surface area contributed by atoms with Crippen LogP contribution >= 0.6 is 0 Å². The van der Waals surface area contributed by atoms with Crippen molar-refractivity contribution in [1.29, 1.82) is 0 Å². The molecule has 1 fully saturated rings. The third-order valence-corrected chi connectivity index (χ3v) is 4.97. The zero-order chi connectivity index (χ0) is 18.9. The van der Waals surface area contributed by atoms with Crippen molar-refractivity contribution in [3.8, 4) is 0 Å². The number of nitrogens with one attached hydrogen (secondary N) is 1. The molecule has 1 saturated heterocycles. The number of carbonyl (C=O) groups excluding carboxylic acids is 2. The molecule has 0 bridgehead atoms. The van der Waals surface area contributed by atoms with Crippen LogP contribution in [0.25, 0.3) is 0 Å². The van der Waals surface area contributed by atoms with Gasteiger partial charge in [0.25, 0.3) is 11.8 Å². The second-order valence-electron chi connectivity index (χ2n) is 6.62. The first kappa shape index (κ1) is 17.1. The zero-order valence-corrected chi connectivity index (χ0v) is 14.9. The van der Waals surface area contributed by atoms with Crippen molar-refractivity contribution in [2.45, 2.75) is 18.4 Å². The summed E-state index contributed by atoms with van der Waals surface area (Å²) >= 11 is 0. The average Bonchev–Trinajstić information content (AvgIpc) is 3.44. The van der Waals surface area contributed by atoms with Crippen LogP contribution < -0.4 is 5.32 Å². The van der Waals surface area contributed by atoms with Crippen molar-refractivity contribution in [3.63, 3.8) is 0 Å². The Kier molecular flexibility index (Phi) is 4.27. The molecule has 0 radical (unpaired) electrons. The lowest BCUT2D eigenvalue weighted by Crippen LogP contribution is -2.54. The highest BCUT2D eigenvalue weighted by molar-refractivity contribution is 5.97. The average molecular weight is 368 g/mol. The van der Waals surface area contributed by atoms with E-state index in [-0.39, 0.29) is 11.8 Å². The summed E-state index contributed by atoms with van der Waals surface area (Å²) < 4.78 is 8.31. The van der Waals surface area contributed by atoms with Crippen LogP contribution in [-0.4, -0.2) is 49.4 Å². The van der Waals surface area contributed by atoms with Gasteiger partial charge in [-0.05, 0) is 25.0 Å². The van der Waals surface area contributed by atoms with Crippen molar-refractivity contribution in [1.82, 2.24) is 24.5 Å². The fraction of sp³-hybridized carbons (Fsp3) is 0.333. The fourth-order valence-corrected chi connectivity index (χ4v) is 3.45. The first-order valence-electron chi connectivity index (χ1n) is 8.71. The summed E-state index contributed by atoms with van der Waals surface area (Å²) in [5, 5.41) is 11.4. The Balaban J connectivity index is 1.54. The maximum Gasteiger partial charge on any atom is 0.257 e. The van der Waals surface area contributed by atoms with Gasteiger partial charge in [-0.3, -0.25) is 19.0 Å². The molecule has 0 unspecified atom stereocenters. The van der Waals surface area contributed by atoms with Gasteiger partial charge in [0.15, 0.2) is 5.82 Å². The summed E-state index contributed by atoms with van der Waals surface area (Å²) in [5.74, 6) is 0.217. The van der Waals surface area contributed by atoms with Gasteiger partial charge in [0, 0.05) is 44.8 Å². The Bertz CT molecular complexity index is 920. The van der Waals surface area contributed by atoms with Crippen molar-refractivity contribution in [2.24, 2.45) is 7.05 Å². The van der Waals surface area contributed by atoms with Crippen molar-refractivity contribution >= 4 is 17.6 Å². The summed E-state index contributed by atoms with van der Waals surface area (Å²) in [7, 11) is 1.79. The number of likely N-dealkylation sites (tertiary alicyclic amines) is 1. The molecule has 1 aliphatic heterocycles. The second-order valence-corrected chi connectivity index (χ2v) is 6.62. The highest BCUT2D eigenvalue weighted by Gasteiger charge is 2.45. The van der Waals surface area contributed by atoms with Crippen LogP contribution in [0.2, 0.25) is 0 Å². The van der Waals surface area contributed by atoms with Gasteiger partial charge in [-0.1, -0.05) is 0 Å². The number of aromatic nitrogens is 4. The van der Waals surface area contributed by atoms with E-state index in [0.717, 1.165) is 0 Å². The van der Waals surface area contributed by atoms with E-state index < -0.39 is 5.54 Å². The molecular formula is C18H20N6O3. The van der Waals surface area contributed by atoms with E-state index in [9.17, 15) is 9.59 Å². The predicted octanol–water partition coefficient (Wildman–Crippen LogP) is 1.48. The lowest BCUT2D eigenvalue weighted by molar-refractivity contribution is -0.127. The van der Waals surface area contributed by atoms with Crippen molar-refractivity contribution < 1.29 is 14.0 Å². The molecule has 9 heteroatoms. The molecule has 0 aliphatic carbocycles. The summed E-state index contributed by atoms with van der Waals surface area (Å²) in [5.41, 5.74) is -0.353. The summed E-state index contributed by atoms with van der Waals surface area (Å²) in [6, 6.07) is 5.18. The van der Waals surface area contributed by atoms with Crippen LogP contribution in [0.1, 0.15) is 23.2 Å². The van der Waals surface area contributed by atoms with Gasteiger partial charge in [-0.25, -0.2) is 0 Å². The van der Waals surface area contributed by atoms with Gasteiger partial charge in [-0.2, -0.15) is 10.2 Å². The van der Waals surface area contributed by atoms with Gasteiger partial charge >= 0.3 is 0 Å². The number of nitrogens with zero attached hydrogens (tertiary/aromatic N) is 5. The number of piperidine rings is 1. The molecule has 9 nitrogen and oxygen atoms in total. The van der Waals surface area contributed by atoms with Crippen LogP contribution in [0.4, 0.5) is 5.82 Å². The van der Waals surface area contributed by atoms with Crippen LogP contribution in [0.3, 0.4) is 0 Å². The number of furan rings is 1. The SMILES string of the molecule is Cn1ccc(NC(=O)C2(n3cccn3)CCN(C(=O)c3ccoc3)CC2)n1. The quantitative estimate of drug-likeness (QED) is 0.752. The Morgan fingerprint density at radius 2 is 2.04 bits per heavy atom. The Morgan fingerprint density at radius 1 is 1.22 bits per heavy atom. The number of rotatable bonds is 4. The molecule has 1 N–H and O–H groups in total. The molecule has 1 aliphatic rings. The van der Waals surface area contributed by atoms with Crippen molar-refractivity contribution in [2.75, 3.05) is 18.4 Å². The minimum atomic E-state index is -0.867. The van der Waals surface area contributed by atoms with Crippen LogP contribution in [-0.2, 0) is 17.4 Å². The van der Waals surface area contributed by atoms with E-state index in [1.807, 2.05) is 0 Å². The molecular weight excluding hydrogens is 348 g/mol. The van der Waals surface area contributed by atoms with Crippen molar-refractivity contribution in [3.05, 3.63) is 54.9 Å². The minimum Gasteiger partial charge on any atom is -0.472 e. The van der Waals surface area contributed by atoms with E-state index in [1.165, 1.54) is 12.5 Å². The van der Waals surface area contributed by atoms with E-state index in [4.69, 9.17) is 4.42 Å². The maximum absolute atomic E-state index is 13.2. The zero-order valence-electron chi connectivity index (χ0n) is 14.9. The predicted molar refractivity (Wildman–Crippen MR) is 95.9 cm³/mol. The number of carbonyl (C=O) groups is 2. The summed E-state index contributed by atoms with van der Waals surface area (Å²) in [4.78, 5) is 27.5. The number of hydrogen-bond acceptors (Lipinski definition) is 5. The molecule has 0 spiro atoms. The van der Waals surface area contributed by atoms with Crippen LogP contribution in [0.5, 0.6) is 0 Å². The Hall–Kier alpha value is -3.36. The highest BCUT2D eigenvalue weighted by Crippen LogP contribution is 2.32. The smallest absolute Gasteiger partial charge is 0.257 e. The highest BCUT2D eigenvalue weighted by atomic mass is 16.3. The normalized spacial score (nSPS) is 16.3. The first-order valence-corrected chi connectivity index (χ1v) is 8.71. The van der Waals surface area contributed by atoms with E-state index >= 15 is 0 Å². The van der Waals surface area contributed by atoms with Gasteiger partial charge in [0.1, 0.15) is 11.8 Å². The van der Waals surface area contributed by atoms with Gasteiger partial charge in [0.2, 0.25) is 0 Å². The molecule has 4 rings (SSSR count). The van der Waals surface area contributed by atoms with Crippen LogP contribution in [0, 0.1) is 0 Å². The fourth-order valence-electron chi connectivity index (χ4n) is 3.45. The van der Waals surface area contributed by atoms with Gasteiger partial charge < -0.3 is 14.6 Å². The molecule has 27 heavy (non-hydrogen) atoms. The third kappa shape index (κ3) is 3.12. The van der Waals surface area contributed by atoms with Crippen LogP contribution in [0.15, 0.2) is 53.7 Å². The van der Waals surface area contributed by atoms with Gasteiger partial charge in [-0.15, -0.1) is 0 Å². The first-order chi connectivity index (χ1) is 13.1. The number of amides is 2. The van der Waals surface area contributed by atoms with E-state index in [0.29, 0.717) is 37.3 Å². The topological polar surface area (TPSA) is 98.2 Å². The maximum atomic E-state index is 13.2. The summed E-state index contributed by atoms with van der Waals surface area (Å²) in [6.45, 7) is 0.888. The number of aryl methyl sites for hydroxylation is 1. The molecule has 0 saturated carbocycles. The lowest BCUT2D eigenvalue weighted by atomic mass is 9.86. The number of anilines is 1. The summed E-state index contributed by atoms with van der Waals surface area (Å²) in [6.07, 6.45) is 9.03. The minimum absolute atomic E-state index is 0.0945. The van der Waals surface area contributed by atoms with E-state index in [1.54, 1.807) is 58.1 Å². The largest absolute Gasteiger partial charge is 0.472 e. The lowest BCUT2D eigenvalue weighted by Gasteiger charge is -2.40. The molecule has 140 valence electrons. The van der Waals surface area contributed by atoms with E-state index in [2.05, 4.69) is 15.5 Å². The Morgan fingerprint density at radius 3 is 2.63 bits per heavy atom. The monoisotopic (exact) mass is 368 g/mol. The molecule has 4 heterocycles. The molecule has 0 aromatic carbocycles. The standard InChI is InChI=1S/C18H20N6O3/c1-22-9-3-15(21-22)20-17(26)18(24-8-2-7-19-24)5-10-23(11-6-18)16(25)14-4-12-27-13-14/h2-4,7-9,12-13H,5-6,10-11H2,1H3,(H,20,21,26). The third-order valence-electron chi connectivity index (χ3n) is 4.97. The molecule has 0 atom stereocenters. The van der Waals surface area contributed by atoms with Gasteiger partial charge in [0.05, 0.1) is 11.8 Å². The molecule has 3 aromatic rings. The Labute approximate surface area is 155 Å². The molecule has 2 amide bonds. The molecule has 3 aromatic heterocycles. The second kappa shape index (κ2) is 6.75. The number of hydrogen-bond donors (Lipinski definition) is 1.